The van der Waals surface area contributed by atoms with Crippen LogP contribution in [0.4, 0.5) is 11.4 Å². The molecule has 2 aromatic heterocycles. The van der Waals surface area contributed by atoms with E-state index >= 15 is 0 Å². The van der Waals surface area contributed by atoms with E-state index in [4.69, 9.17) is 15.1 Å². The second-order valence-electron chi connectivity index (χ2n) is 9.19. The lowest BCUT2D eigenvalue weighted by Gasteiger charge is -2.13. The standard InChI is InChI=1S/C28H31N5O2/c1-4-25-32-26-17(2)13-18(3)30-27(26)33(25)16-19-5-9-23-20(14-19)6-7-21-15-22(8-10-24(21)31-23)28(35)29-11-12-34/h5,8-10,13-15,31,34H,4,6-7,11-12,16H2,1-3H3,(H,29,35). The highest BCUT2D eigenvalue weighted by molar-refractivity contribution is 5.95. The van der Waals surface area contributed by atoms with Gasteiger partial charge in [0.25, 0.3) is 5.91 Å². The Bertz CT molecular complexity index is 1420. The van der Waals surface area contributed by atoms with Gasteiger partial charge in [-0.1, -0.05) is 19.1 Å². The first kappa shape index (κ1) is 23.1. The maximum atomic E-state index is 12.3. The zero-order valence-corrected chi connectivity index (χ0v) is 20.5. The van der Waals surface area contributed by atoms with Gasteiger partial charge in [-0.25, -0.2) is 9.97 Å². The van der Waals surface area contributed by atoms with Crippen LogP contribution in [-0.2, 0) is 25.8 Å². The lowest BCUT2D eigenvalue weighted by Crippen LogP contribution is -2.26. The molecule has 0 radical (unpaired) electrons. The first-order valence-corrected chi connectivity index (χ1v) is 12.2. The van der Waals surface area contributed by atoms with E-state index in [9.17, 15) is 4.79 Å². The highest BCUT2D eigenvalue weighted by Gasteiger charge is 2.17. The third kappa shape index (κ3) is 4.51. The number of aryl methyl sites for hydroxylation is 5. The average molecular weight is 470 g/mol. The van der Waals surface area contributed by atoms with Crippen molar-refractivity contribution in [2.75, 3.05) is 18.5 Å². The maximum absolute atomic E-state index is 12.3. The van der Waals surface area contributed by atoms with Crippen LogP contribution in [0.2, 0.25) is 0 Å². The largest absolute Gasteiger partial charge is 0.395 e. The summed E-state index contributed by atoms with van der Waals surface area (Å²) in [6, 6.07) is 14.4. The first-order chi connectivity index (χ1) is 17.0. The lowest BCUT2D eigenvalue weighted by atomic mass is 10.0. The summed E-state index contributed by atoms with van der Waals surface area (Å²) >= 11 is 0. The molecule has 0 spiro atoms. The van der Waals surface area contributed by atoms with E-state index < -0.39 is 0 Å². The van der Waals surface area contributed by atoms with Crippen molar-refractivity contribution in [3.8, 4) is 0 Å². The molecule has 3 N–H and O–H groups in total. The number of nitrogens with one attached hydrogen (secondary N) is 2. The van der Waals surface area contributed by atoms with Crippen LogP contribution in [0.3, 0.4) is 0 Å². The number of nitrogens with zero attached hydrogens (tertiary/aromatic N) is 3. The summed E-state index contributed by atoms with van der Waals surface area (Å²) < 4.78 is 2.24. The number of amides is 1. The molecule has 1 aliphatic heterocycles. The second kappa shape index (κ2) is 9.50. The third-order valence-electron chi connectivity index (χ3n) is 6.63. The van der Waals surface area contributed by atoms with Gasteiger partial charge in [-0.05, 0) is 79.3 Å². The Morgan fingerprint density at radius 3 is 2.54 bits per heavy atom. The zero-order valence-electron chi connectivity index (χ0n) is 20.5. The summed E-state index contributed by atoms with van der Waals surface area (Å²) in [7, 11) is 0. The number of aliphatic hydroxyl groups excluding tert-OH is 1. The van der Waals surface area contributed by atoms with Crippen molar-refractivity contribution in [3.05, 3.63) is 81.8 Å². The number of aromatic nitrogens is 3. The Kier molecular flexibility index (Phi) is 6.26. The molecule has 1 amide bonds. The molecule has 0 atom stereocenters. The highest BCUT2D eigenvalue weighted by atomic mass is 16.3. The van der Waals surface area contributed by atoms with Gasteiger partial charge in [-0.15, -0.1) is 0 Å². The number of fused-ring (bicyclic) bond motifs is 3. The maximum Gasteiger partial charge on any atom is 0.251 e. The Morgan fingerprint density at radius 2 is 1.80 bits per heavy atom. The predicted molar refractivity (Wildman–Crippen MR) is 138 cm³/mol. The normalized spacial score (nSPS) is 12.6. The number of rotatable bonds is 6. The molecule has 0 aliphatic carbocycles. The average Bonchev–Trinajstić information content (AvgIpc) is 3.09. The molecule has 0 unspecified atom stereocenters. The van der Waals surface area contributed by atoms with Crippen molar-refractivity contribution in [2.45, 2.75) is 46.6 Å². The van der Waals surface area contributed by atoms with Gasteiger partial charge in [0.1, 0.15) is 11.3 Å². The summed E-state index contributed by atoms with van der Waals surface area (Å²) in [5.41, 5.74) is 10.4. The van der Waals surface area contributed by atoms with Crippen LogP contribution in [-0.4, -0.2) is 38.7 Å². The topological polar surface area (TPSA) is 92.1 Å². The number of benzene rings is 2. The van der Waals surface area contributed by atoms with E-state index in [0.29, 0.717) is 5.56 Å². The van der Waals surface area contributed by atoms with Crippen molar-refractivity contribution in [2.24, 2.45) is 0 Å². The van der Waals surface area contributed by atoms with Gasteiger partial charge in [0.05, 0.1) is 13.2 Å². The summed E-state index contributed by atoms with van der Waals surface area (Å²) in [5, 5.41) is 15.3. The fourth-order valence-electron chi connectivity index (χ4n) is 4.89. The minimum atomic E-state index is -0.163. The summed E-state index contributed by atoms with van der Waals surface area (Å²) in [4.78, 5) is 22.0. The van der Waals surface area contributed by atoms with Gasteiger partial charge in [0.15, 0.2) is 5.65 Å². The molecule has 2 aromatic carbocycles. The van der Waals surface area contributed by atoms with E-state index in [0.717, 1.165) is 71.0 Å². The molecule has 0 saturated carbocycles. The van der Waals surface area contributed by atoms with Crippen LogP contribution >= 0.6 is 0 Å². The second-order valence-corrected chi connectivity index (χ2v) is 9.19. The Labute approximate surface area is 205 Å². The van der Waals surface area contributed by atoms with E-state index in [1.54, 1.807) is 0 Å². The van der Waals surface area contributed by atoms with Crippen LogP contribution in [0.25, 0.3) is 11.2 Å². The van der Waals surface area contributed by atoms with E-state index in [1.807, 2.05) is 25.1 Å². The number of carbonyl (C=O) groups excluding carboxylic acids is 1. The minimum absolute atomic E-state index is 0.0697. The fourth-order valence-corrected chi connectivity index (χ4v) is 4.89. The van der Waals surface area contributed by atoms with Gasteiger partial charge in [0, 0.05) is 35.6 Å². The van der Waals surface area contributed by atoms with Crippen molar-refractivity contribution < 1.29 is 9.90 Å². The quantitative estimate of drug-likeness (QED) is 0.393. The third-order valence-corrected chi connectivity index (χ3v) is 6.63. The summed E-state index contributed by atoms with van der Waals surface area (Å²) in [6.45, 7) is 7.17. The molecule has 0 saturated heterocycles. The van der Waals surface area contributed by atoms with Crippen LogP contribution in [0, 0.1) is 13.8 Å². The first-order valence-electron chi connectivity index (χ1n) is 12.2. The van der Waals surface area contributed by atoms with Gasteiger partial charge < -0.3 is 20.3 Å². The number of hydrogen-bond donors (Lipinski definition) is 3. The van der Waals surface area contributed by atoms with Crippen molar-refractivity contribution in [1.29, 1.82) is 0 Å². The molecule has 3 heterocycles. The Balaban J connectivity index is 1.42. The van der Waals surface area contributed by atoms with Crippen LogP contribution in [0.15, 0.2) is 42.5 Å². The minimum Gasteiger partial charge on any atom is -0.395 e. The molecular formula is C28H31N5O2. The number of carbonyl (C=O) groups is 1. The highest BCUT2D eigenvalue weighted by Crippen LogP contribution is 2.32. The van der Waals surface area contributed by atoms with Crippen molar-refractivity contribution in [1.82, 2.24) is 19.9 Å². The molecule has 1 aliphatic rings. The molecule has 4 aromatic rings. The molecule has 7 heteroatoms. The zero-order chi connectivity index (χ0) is 24.5. The molecular weight excluding hydrogens is 438 g/mol. The van der Waals surface area contributed by atoms with Crippen LogP contribution < -0.4 is 10.6 Å². The van der Waals surface area contributed by atoms with Gasteiger partial charge in [0.2, 0.25) is 0 Å². The molecule has 35 heavy (non-hydrogen) atoms. The number of aliphatic hydroxyl groups is 1. The molecule has 180 valence electrons. The summed E-state index contributed by atoms with van der Waals surface area (Å²) in [6.07, 6.45) is 2.57. The van der Waals surface area contributed by atoms with Crippen LogP contribution in [0.5, 0.6) is 0 Å². The number of anilines is 2. The summed E-state index contributed by atoms with van der Waals surface area (Å²) in [5.74, 6) is 0.887. The monoisotopic (exact) mass is 469 g/mol. The smallest absolute Gasteiger partial charge is 0.251 e. The lowest BCUT2D eigenvalue weighted by molar-refractivity contribution is 0.0944. The molecule has 7 nitrogen and oxygen atoms in total. The van der Waals surface area contributed by atoms with Gasteiger partial charge in [-0.2, -0.15) is 0 Å². The number of imidazole rings is 1. The Morgan fingerprint density at radius 1 is 1.06 bits per heavy atom. The fraction of sp³-hybridized carbons (Fsp3) is 0.321. The van der Waals surface area contributed by atoms with Gasteiger partial charge >= 0.3 is 0 Å². The van der Waals surface area contributed by atoms with E-state index in [2.05, 4.69) is 53.3 Å². The van der Waals surface area contributed by atoms with Crippen LogP contribution in [0.1, 0.15) is 51.1 Å². The molecule has 0 fully saturated rings. The number of pyridine rings is 1. The van der Waals surface area contributed by atoms with Crippen molar-refractivity contribution in [3.63, 3.8) is 0 Å². The van der Waals surface area contributed by atoms with E-state index in [-0.39, 0.29) is 19.1 Å². The van der Waals surface area contributed by atoms with E-state index in [1.165, 1.54) is 11.1 Å². The van der Waals surface area contributed by atoms with Gasteiger partial charge in [-0.3, -0.25) is 4.79 Å². The molecule has 5 rings (SSSR count). The molecule has 0 bridgehead atoms. The SMILES string of the molecule is CCc1nc2c(C)cc(C)nc2n1Cc1ccc2c(c1)CCc1cc(C(=O)NCCO)ccc1N2. The Hall–Kier alpha value is -3.71. The predicted octanol–water partition coefficient (Wildman–Crippen LogP) is 4.22. The number of hydrogen-bond acceptors (Lipinski definition) is 5. The van der Waals surface area contributed by atoms with Crippen molar-refractivity contribution >= 4 is 28.4 Å².